The highest BCUT2D eigenvalue weighted by atomic mass is 32.2. The predicted octanol–water partition coefficient (Wildman–Crippen LogP) is 1.95. The number of nitrogens with one attached hydrogen (secondary N) is 3. The molecule has 140 valence electrons. The predicted molar refractivity (Wildman–Crippen MR) is 103 cm³/mol. The molecule has 9 heteroatoms. The van der Waals surface area contributed by atoms with Crippen LogP contribution < -0.4 is 15.4 Å². The van der Waals surface area contributed by atoms with Crippen molar-refractivity contribution in [1.82, 2.24) is 10.6 Å². The second kappa shape index (κ2) is 9.35. The third-order valence-electron chi connectivity index (χ3n) is 3.37. The van der Waals surface area contributed by atoms with E-state index in [0.29, 0.717) is 37.2 Å². The molecule has 0 saturated heterocycles. The summed E-state index contributed by atoms with van der Waals surface area (Å²) in [5, 5.41) is 9.15. The zero-order valence-corrected chi connectivity index (χ0v) is 16.0. The molecule has 2 amide bonds. The minimum atomic E-state index is -3.33. The Labute approximate surface area is 156 Å². The van der Waals surface area contributed by atoms with Crippen LogP contribution in [-0.4, -0.2) is 33.0 Å². The number of amides is 2. The van der Waals surface area contributed by atoms with Crippen LogP contribution in [0.1, 0.15) is 28.8 Å². The summed E-state index contributed by atoms with van der Waals surface area (Å²) in [5.74, 6) is -0.266. The van der Waals surface area contributed by atoms with Crippen molar-refractivity contribution in [2.75, 3.05) is 17.5 Å². The fourth-order valence-corrected chi connectivity index (χ4v) is 3.39. The van der Waals surface area contributed by atoms with Gasteiger partial charge in [-0.25, -0.2) is 8.42 Å². The summed E-state index contributed by atoms with van der Waals surface area (Å²) < 4.78 is 24.9. The monoisotopic (exact) mass is 395 g/mol. The van der Waals surface area contributed by atoms with Crippen LogP contribution in [0.2, 0.25) is 0 Å². The molecule has 0 saturated carbocycles. The van der Waals surface area contributed by atoms with Gasteiger partial charge in [0, 0.05) is 36.1 Å². The van der Waals surface area contributed by atoms with Gasteiger partial charge in [-0.05, 0) is 35.6 Å². The Morgan fingerprint density at radius 1 is 1.15 bits per heavy atom. The molecule has 1 aromatic carbocycles. The summed E-state index contributed by atoms with van der Waals surface area (Å²) in [5.41, 5.74) is 1.87. The fraction of sp³-hybridized carbons (Fsp3) is 0.294. The molecule has 0 aliphatic rings. The quantitative estimate of drug-likeness (QED) is 0.565. The van der Waals surface area contributed by atoms with Crippen molar-refractivity contribution >= 4 is 38.9 Å². The van der Waals surface area contributed by atoms with E-state index in [9.17, 15) is 18.0 Å². The summed E-state index contributed by atoms with van der Waals surface area (Å²) in [6, 6.07) is 8.58. The van der Waals surface area contributed by atoms with Crippen LogP contribution in [-0.2, 0) is 21.4 Å². The average molecular weight is 396 g/mol. The van der Waals surface area contributed by atoms with E-state index >= 15 is 0 Å². The number of hydrogen-bond donors (Lipinski definition) is 3. The molecular formula is C17H21N3O4S2. The van der Waals surface area contributed by atoms with Crippen molar-refractivity contribution in [2.24, 2.45) is 0 Å². The van der Waals surface area contributed by atoms with Gasteiger partial charge < -0.3 is 10.6 Å². The average Bonchev–Trinajstić information content (AvgIpc) is 3.10. The van der Waals surface area contributed by atoms with Gasteiger partial charge in [0.1, 0.15) is 0 Å². The number of hydrogen-bond acceptors (Lipinski definition) is 5. The van der Waals surface area contributed by atoms with Crippen molar-refractivity contribution in [2.45, 2.75) is 19.4 Å². The lowest BCUT2D eigenvalue weighted by Crippen LogP contribution is -2.27. The third kappa shape index (κ3) is 7.24. The summed E-state index contributed by atoms with van der Waals surface area (Å²) in [6.45, 7) is 0.731. The second-order valence-corrected chi connectivity index (χ2v) is 8.25. The first kappa shape index (κ1) is 19.9. The molecule has 0 atom stereocenters. The van der Waals surface area contributed by atoms with E-state index in [0.717, 1.165) is 11.8 Å². The van der Waals surface area contributed by atoms with E-state index < -0.39 is 10.0 Å². The lowest BCUT2D eigenvalue weighted by molar-refractivity contribution is -0.121. The maximum atomic E-state index is 11.9. The Morgan fingerprint density at radius 2 is 1.96 bits per heavy atom. The summed E-state index contributed by atoms with van der Waals surface area (Å²) in [4.78, 5) is 23.6. The van der Waals surface area contributed by atoms with Crippen LogP contribution in [0.4, 0.5) is 5.69 Å². The standard InChI is InChI=1S/C17H21N3O4S2/c1-26(23,24)20-15-5-2-4-13(10-15)11-19-16(21)6-3-8-18-17(22)14-7-9-25-12-14/h2,4-5,7,9-10,12,20H,3,6,8,11H2,1H3,(H,18,22)(H,19,21). The molecule has 7 nitrogen and oxygen atoms in total. The largest absolute Gasteiger partial charge is 0.352 e. The molecule has 0 spiro atoms. The molecule has 26 heavy (non-hydrogen) atoms. The van der Waals surface area contributed by atoms with E-state index in [1.807, 2.05) is 5.38 Å². The Morgan fingerprint density at radius 3 is 2.65 bits per heavy atom. The number of carbonyl (C=O) groups excluding carboxylic acids is 2. The van der Waals surface area contributed by atoms with E-state index in [1.165, 1.54) is 11.3 Å². The number of carbonyl (C=O) groups is 2. The van der Waals surface area contributed by atoms with Gasteiger partial charge in [0.2, 0.25) is 15.9 Å². The van der Waals surface area contributed by atoms with Crippen LogP contribution >= 0.6 is 11.3 Å². The first-order chi connectivity index (χ1) is 12.3. The number of rotatable bonds is 9. The Bertz CT molecular complexity index is 849. The molecular weight excluding hydrogens is 374 g/mol. The SMILES string of the molecule is CS(=O)(=O)Nc1cccc(CNC(=O)CCCNC(=O)c2ccsc2)c1. The third-order valence-corrected chi connectivity index (χ3v) is 4.66. The van der Waals surface area contributed by atoms with Crippen LogP contribution in [0.25, 0.3) is 0 Å². The molecule has 0 aliphatic heterocycles. The van der Waals surface area contributed by atoms with Gasteiger partial charge in [0.15, 0.2) is 0 Å². The molecule has 3 N–H and O–H groups in total. The van der Waals surface area contributed by atoms with Crippen molar-refractivity contribution in [1.29, 1.82) is 0 Å². The highest BCUT2D eigenvalue weighted by Gasteiger charge is 2.07. The molecule has 2 aromatic rings. The topological polar surface area (TPSA) is 104 Å². The molecule has 0 unspecified atom stereocenters. The maximum absolute atomic E-state index is 11.9. The smallest absolute Gasteiger partial charge is 0.252 e. The number of benzene rings is 1. The maximum Gasteiger partial charge on any atom is 0.252 e. The zero-order valence-electron chi connectivity index (χ0n) is 14.3. The molecule has 0 aliphatic carbocycles. The summed E-state index contributed by atoms with van der Waals surface area (Å²) in [7, 11) is -3.33. The van der Waals surface area contributed by atoms with Gasteiger partial charge in [-0.3, -0.25) is 14.3 Å². The van der Waals surface area contributed by atoms with Crippen molar-refractivity contribution in [3.8, 4) is 0 Å². The fourth-order valence-electron chi connectivity index (χ4n) is 2.19. The van der Waals surface area contributed by atoms with Crippen LogP contribution in [0.3, 0.4) is 0 Å². The number of sulfonamides is 1. The van der Waals surface area contributed by atoms with Crippen molar-refractivity contribution < 1.29 is 18.0 Å². The van der Waals surface area contributed by atoms with Crippen molar-refractivity contribution in [3.63, 3.8) is 0 Å². The summed E-state index contributed by atoms with van der Waals surface area (Å²) in [6.07, 6.45) is 1.92. The van der Waals surface area contributed by atoms with Gasteiger partial charge >= 0.3 is 0 Å². The first-order valence-electron chi connectivity index (χ1n) is 7.97. The number of anilines is 1. The van der Waals surface area contributed by atoms with Gasteiger partial charge in [-0.2, -0.15) is 11.3 Å². The van der Waals surface area contributed by atoms with Crippen LogP contribution in [0.5, 0.6) is 0 Å². The van der Waals surface area contributed by atoms with Crippen LogP contribution in [0, 0.1) is 0 Å². The molecule has 1 heterocycles. The van der Waals surface area contributed by atoms with E-state index in [1.54, 1.807) is 35.7 Å². The van der Waals surface area contributed by atoms with Crippen molar-refractivity contribution in [3.05, 3.63) is 52.2 Å². The van der Waals surface area contributed by atoms with Gasteiger partial charge in [-0.15, -0.1) is 0 Å². The van der Waals surface area contributed by atoms with Gasteiger partial charge in [-0.1, -0.05) is 12.1 Å². The highest BCUT2D eigenvalue weighted by molar-refractivity contribution is 7.92. The van der Waals surface area contributed by atoms with E-state index in [-0.39, 0.29) is 11.8 Å². The molecule has 0 bridgehead atoms. The van der Waals surface area contributed by atoms with Gasteiger partial charge in [0.05, 0.1) is 6.26 Å². The zero-order chi connectivity index (χ0) is 19.0. The molecule has 0 radical (unpaired) electrons. The lowest BCUT2D eigenvalue weighted by atomic mass is 10.2. The second-order valence-electron chi connectivity index (χ2n) is 5.72. The van der Waals surface area contributed by atoms with E-state index in [2.05, 4.69) is 15.4 Å². The molecule has 1 aromatic heterocycles. The lowest BCUT2D eigenvalue weighted by Gasteiger charge is -2.08. The Kier molecular flexibility index (Phi) is 7.16. The minimum absolute atomic E-state index is 0.128. The molecule has 2 rings (SSSR count). The van der Waals surface area contributed by atoms with Crippen LogP contribution in [0.15, 0.2) is 41.1 Å². The normalized spacial score (nSPS) is 11.0. The van der Waals surface area contributed by atoms with Gasteiger partial charge in [0.25, 0.3) is 5.91 Å². The number of thiophene rings is 1. The first-order valence-corrected chi connectivity index (χ1v) is 10.8. The Balaban J connectivity index is 1.68. The minimum Gasteiger partial charge on any atom is -0.352 e. The highest BCUT2D eigenvalue weighted by Crippen LogP contribution is 2.12. The Hall–Kier alpha value is -2.39. The van der Waals surface area contributed by atoms with E-state index in [4.69, 9.17) is 0 Å². The summed E-state index contributed by atoms with van der Waals surface area (Å²) >= 11 is 1.46. The molecule has 0 fully saturated rings.